The third-order valence-electron chi connectivity index (χ3n) is 7.12. The number of imide groups is 1. The second kappa shape index (κ2) is 7.00. The van der Waals surface area contributed by atoms with E-state index >= 15 is 0 Å². The predicted octanol–water partition coefficient (Wildman–Crippen LogP) is 1.10. The molecule has 0 bridgehead atoms. The van der Waals surface area contributed by atoms with Crippen LogP contribution >= 0.6 is 0 Å². The number of likely N-dealkylation sites (tertiary alicyclic amines) is 1. The minimum Gasteiger partial charge on any atom is -0.370 e. The standard InChI is InChI=1S/C24H24N4O4/c1-12-8-9-15-20(13(12)2)26-23(32)24(15)19-18(16(27-24)10-17(25)29)21(30)28(22(19)31)11-14-6-4-3-5-7-14/h3-9,16,18-19,27H,10-11H2,1-2H3,(H2,25,29)(H,26,32)/t16?,18-,19+,24?/m1/s1. The van der Waals surface area contributed by atoms with E-state index in [2.05, 4.69) is 10.6 Å². The van der Waals surface area contributed by atoms with Crippen molar-refractivity contribution in [3.8, 4) is 0 Å². The van der Waals surface area contributed by atoms with Crippen molar-refractivity contribution < 1.29 is 19.2 Å². The van der Waals surface area contributed by atoms with Gasteiger partial charge in [0.1, 0.15) is 5.54 Å². The van der Waals surface area contributed by atoms with Gasteiger partial charge in [0.2, 0.25) is 23.6 Å². The summed E-state index contributed by atoms with van der Waals surface area (Å²) >= 11 is 0. The third-order valence-corrected chi connectivity index (χ3v) is 7.12. The van der Waals surface area contributed by atoms with Gasteiger partial charge < -0.3 is 11.1 Å². The molecule has 2 saturated heterocycles. The Bertz CT molecular complexity index is 1180. The molecule has 164 valence electrons. The highest BCUT2D eigenvalue weighted by Gasteiger charge is 2.70. The molecule has 32 heavy (non-hydrogen) atoms. The van der Waals surface area contributed by atoms with Gasteiger partial charge in [0.05, 0.1) is 18.4 Å². The molecular weight excluding hydrogens is 408 g/mol. The molecule has 2 unspecified atom stereocenters. The number of amides is 4. The number of nitrogens with one attached hydrogen (secondary N) is 2. The molecule has 0 radical (unpaired) electrons. The van der Waals surface area contributed by atoms with Crippen LogP contribution in [0.2, 0.25) is 0 Å². The van der Waals surface area contributed by atoms with Crippen LogP contribution < -0.4 is 16.4 Å². The van der Waals surface area contributed by atoms with Crippen LogP contribution in [0.5, 0.6) is 0 Å². The first-order chi connectivity index (χ1) is 15.3. The Balaban J connectivity index is 1.63. The normalized spacial score (nSPS) is 28.2. The highest BCUT2D eigenvalue weighted by Crippen LogP contribution is 2.54. The Morgan fingerprint density at radius 3 is 2.47 bits per heavy atom. The van der Waals surface area contributed by atoms with E-state index in [9.17, 15) is 19.2 Å². The lowest BCUT2D eigenvalue weighted by Crippen LogP contribution is -2.53. The average Bonchev–Trinajstić information content (AvgIpc) is 3.32. The molecule has 5 rings (SSSR count). The fourth-order valence-corrected chi connectivity index (χ4v) is 5.49. The number of fused-ring (bicyclic) bond motifs is 4. The Hall–Kier alpha value is -3.52. The van der Waals surface area contributed by atoms with Gasteiger partial charge in [-0.25, -0.2) is 0 Å². The Morgan fingerprint density at radius 1 is 1.06 bits per heavy atom. The van der Waals surface area contributed by atoms with E-state index in [4.69, 9.17) is 5.73 Å². The highest BCUT2D eigenvalue weighted by atomic mass is 16.2. The molecule has 3 aliphatic rings. The number of anilines is 1. The van der Waals surface area contributed by atoms with Crippen molar-refractivity contribution in [2.24, 2.45) is 17.6 Å². The van der Waals surface area contributed by atoms with Crippen molar-refractivity contribution >= 4 is 29.3 Å². The van der Waals surface area contributed by atoms with Gasteiger partial charge in [0.15, 0.2) is 0 Å². The van der Waals surface area contributed by atoms with E-state index in [1.54, 1.807) is 0 Å². The van der Waals surface area contributed by atoms with Crippen molar-refractivity contribution in [1.82, 2.24) is 10.2 Å². The number of carbonyl (C=O) groups excluding carboxylic acids is 4. The lowest BCUT2D eigenvalue weighted by molar-refractivity contribution is -0.143. The number of primary amides is 1. The van der Waals surface area contributed by atoms with Gasteiger partial charge in [0.25, 0.3) is 0 Å². The van der Waals surface area contributed by atoms with E-state index < -0.39 is 35.2 Å². The number of aryl methyl sites for hydroxylation is 1. The monoisotopic (exact) mass is 432 g/mol. The van der Waals surface area contributed by atoms with Gasteiger partial charge in [-0.15, -0.1) is 0 Å². The van der Waals surface area contributed by atoms with Crippen molar-refractivity contribution in [2.45, 2.75) is 38.4 Å². The van der Waals surface area contributed by atoms with Gasteiger partial charge in [-0.1, -0.05) is 42.5 Å². The molecule has 2 fully saturated rings. The van der Waals surface area contributed by atoms with Gasteiger partial charge in [-0.3, -0.25) is 29.4 Å². The molecule has 0 aliphatic carbocycles. The lowest BCUT2D eigenvalue weighted by atomic mass is 9.76. The summed E-state index contributed by atoms with van der Waals surface area (Å²) in [6.07, 6.45) is -0.144. The zero-order valence-corrected chi connectivity index (χ0v) is 17.8. The fourth-order valence-electron chi connectivity index (χ4n) is 5.49. The zero-order chi connectivity index (χ0) is 22.8. The van der Waals surface area contributed by atoms with Gasteiger partial charge in [-0.05, 0) is 30.5 Å². The van der Waals surface area contributed by atoms with Crippen molar-refractivity contribution in [3.05, 3.63) is 64.7 Å². The van der Waals surface area contributed by atoms with Crippen LogP contribution in [0.15, 0.2) is 42.5 Å². The molecule has 3 aliphatic heterocycles. The average molecular weight is 432 g/mol. The molecule has 4 amide bonds. The number of nitrogens with zero attached hydrogens (tertiary/aromatic N) is 1. The van der Waals surface area contributed by atoms with Crippen LogP contribution in [0.1, 0.15) is 28.7 Å². The smallest absolute Gasteiger partial charge is 0.250 e. The molecule has 4 N–H and O–H groups in total. The Labute approximate surface area is 185 Å². The summed E-state index contributed by atoms with van der Waals surface area (Å²) in [6.45, 7) is 3.97. The van der Waals surface area contributed by atoms with Crippen LogP contribution in [0, 0.1) is 25.7 Å². The van der Waals surface area contributed by atoms with Crippen molar-refractivity contribution in [1.29, 1.82) is 0 Å². The number of hydrogen-bond donors (Lipinski definition) is 3. The fraction of sp³-hybridized carbons (Fsp3) is 0.333. The number of nitrogens with two attached hydrogens (primary N) is 1. The summed E-state index contributed by atoms with van der Waals surface area (Å²) in [5.74, 6) is -3.58. The van der Waals surface area contributed by atoms with Gasteiger partial charge in [-0.2, -0.15) is 0 Å². The van der Waals surface area contributed by atoms with E-state index in [0.717, 1.165) is 16.7 Å². The maximum atomic E-state index is 13.7. The Morgan fingerprint density at radius 2 is 1.78 bits per heavy atom. The maximum absolute atomic E-state index is 13.7. The molecule has 8 heteroatoms. The van der Waals surface area contributed by atoms with Gasteiger partial charge >= 0.3 is 0 Å². The lowest BCUT2D eigenvalue weighted by Gasteiger charge is -2.29. The number of hydrogen-bond acceptors (Lipinski definition) is 5. The van der Waals surface area contributed by atoms with E-state index in [0.29, 0.717) is 11.3 Å². The first-order valence-electron chi connectivity index (χ1n) is 10.6. The molecule has 1 spiro atoms. The zero-order valence-electron chi connectivity index (χ0n) is 17.8. The van der Waals surface area contributed by atoms with E-state index in [1.165, 1.54) is 4.90 Å². The van der Waals surface area contributed by atoms with Crippen LogP contribution in [-0.2, 0) is 31.3 Å². The number of rotatable bonds is 4. The van der Waals surface area contributed by atoms with Crippen LogP contribution in [0.4, 0.5) is 5.69 Å². The van der Waals surface area contributed by atoms with E-state index in [-0.39, 0.29) is 24.8 Å². The molecule has 0 saturated carbocycles. The summed E-state index contributed by atoms with van der Waals surface area (Å²) in [4.78, 5) is 53.6. The summed E-state index contributed by atoms with van der Waals surface area (Å²) in [6, 6.07) is 12.2. The number of carbonyl (C=O) groups is 4. The minimum atomic E-state index is -1.42. The van der Waals surface area contributed by atoms with Crippen molar-refractivity contribution in [2.75, 3.05) is 5.32 Å². The largest absolute Gasteiger partial charge is 0.370 e. The summed E-state index contributed by atoms with van der Waals surface area (Å²) in [5, 5.41) is 6.14. The summed E-state index contributed by atoms with van der Waals surface area (Å²) < 4.78 is 0. The summed E-state index contributed by atoms with van der Waals surface area (Å²) in [7, 11) is 0. The van der Waals surface area contributed by atoms with Crippen LogP contribution in [0.25, 0.3) is 0 Å². The highest BCUT2D eigenvalue weighted by molar-refractivity contribution is 6.15. The third kappa shape index (κ3) is 2.65. The topological polar surface area (TPSA) is 122 Å². The molecule has 0 aromatic heterocycles. The number of benzene rings is 2. The maximum Gasteiger partial charge on any atom is 0.250 e. The minimum absolute atomic E-state index is 0.117. The Kier molecular flexibility index (Phi) is 4.46. The molecule has 2 aromatic carbocycles. The molecular formula is C24H24N4O4. The molecule has 8 nitrogen and oxygen atoms in total. The second-order valence-corrected chi connectivity index (χ2v) is 8.87. The SMILES string of the molecule is Cc1ccc2c(c1C)NC(=O)C21NC(CC(N)=O)[C@H]2C(=O)N(Cc3ccccc3)C(=O)[C@H]21. The molecule has 3 heterocycles. The summed E-state index contributed by atoms with van der Waals surface area (Å²) in [5.41, 5.74) is 8.05. The quantitative estimate of drug-likeness (QED) is 0.625. The van der Waals surface area contributed by atoms with E-state index in [1.807, 2.05) is 56.3 Å². The molecule has 4 atom stereocenters. The first-order valence-corrected chi connectivity index (χ1v) is 10.6. The van der Waals surface area contributed by atoms with Gasteiger partial charge in [0, 0.05) is 23.7 Å². The second-order valence-electron chi connectivity index (χ2n) is 8.87. The van der Waals surface area contributed by atoms with Crippen molar-refractivity contribution in [3.63, 3.8) is 0 Å². The first kappa shape index (κ1) is 20.4. The van der Waals surface area contributed by atoms with Crippen LogP contribution in [-0.4, -0.2) is 34.6 Å². The van der Waals surface area contributed by atoms with Crippen LogP contribution in [0.3, 0.4) is 0 Å². The molecule has 2 aromatic rings. The predicted molar refractivity (Wildman–Crippen MR) is 116 cm³/mol.